The quantitative estimate of drug-likeness (QED) is 0.568. The van der Waals surface area contributed by atoms with Crippen LogP contribution in [0.1, 0.15) is 26.2 Å². The van der Waals surface area contributed by atoms with Crippen LogP contribution in [0.15, 0.2) is 0 Å². The Kier molecular flexibility index (Phi) is 3.98. The number of aliphatic hydroxyl groups is 2. The Bertz CT molecular complexity index is 130. The van der Waals surface area contributed by atoms with E-state index in [2.05, 4.69) is 5.32 Å². The van der Waals surface area contributed by atoms with Gasteiger partial charge in [-0.1, -0.05) is 6.92 Å². The molecular formula is C9H19NO2. The van der Waals surface area contributed by atoms with Crippen LogP contribution in [0.3, 0.4) is 0 Å². The monoisotopic (exact) mass is 173 g/mol. The molecule has 0 amide bonds. The summed E-state index contributed by atoms with van der Waals surface area (Å²) in [4.78, 5) is 0. The molecule has 1 aliphatic rings. The van der Waals surface area contributed by atoms with Crippen LogP contribution in [0, 0.1) is 5.92 Å². The fraction of sp³-hybridized carbons (Fsp3) is 1.00. The van der Waals surface area contributed by atoms with Crippen molar-refractivity contribution in [3.8, 4) is 0 Å². The SMILES string of the molecule is CCC(O)CC1CNCCC1O. The van der Waals surface area contributed by atoms with Crippen LogP contribution >= 0.6 is 0 Å². The van der Waals surface area contributed by atoms with Gasteiger partial charge in [0.2, 0.25) is 0 Å². The van der Waals surface area contributed by atoms with Gasteiger partial charge in [-0.2, -0.15) is 0 Å². The van der Waals surface area contributed by atoms with Gasteiger partial charge in [-0.3, -0.25) is 0 Å². The van der Waals surface area contributed by atoms with Gasteiger partial charge in [0, 0.05) is 6.54 Å². The second kappa shape index (κ2) is 4.80. The Balaban J connectivity index is 2.28. The number of hydrogen-bond donors (Lipinski definition) is 3. The fourth-order valence-corrected chi connectivity index (χ4v) is 1.67. The lowest BCUT2D eigenvalue weighted by molar-refractivity contribution is 0.0406. The molecule has 0 aromatic heterocycles. The molecule has 1 fully saturated rings. The molecule has 1 aliphatic heterocycles. The third-order valence-electron chi connectivity index (χ3n) is 2.61. The Hall–Kier alpha value is -0.120. The molecule has 3 atom stereocenters. The van der Waals surface area contributed by atoms with Crippen molar-refractivity contribution in [2.24, 2.45) is 5.92 Å². The molecule has 0 aromatic rings. The van der Waals surface area contributed by atoms with Crippen molar-refractivity contribution < 1.29 is 10.2 Å². The molecule has 0 aromatic carbocycles. The lowest BCUT2D eigenvalue weighted by Gasteiger charge is -2.29. The molecule has 0 saturated carbocycles. The summed E-state index contributed by atoms with van der Waals surface area (Å²) in [6, 6.07) is 0. The topological polar surface area (TPSA) is 52.5 Å². The maximum absolute atomic E-state index is 9.56. The van der Waals surface area contributed by atoms with Crippen LogP contribution in [0.5, 0.6) is 0 Å². The summed E-state index contributed by atoms with van der Waals surface area (Å²) in [5.74, 6) is 0.244. The lowest BCUT2D eigenvalue weighted by atomic mass is 9.90. The molecule has 72 valence electrons. The summed E-state index contributed by atoms with van der Waals surface area (Å²) in [7, 11) is 0. The van der Waals surface area contributed by atoms with Gasteiger partial charge in [0.1, 0.15) is 0 Å². The summed E-state index contributed by atoms with van der Waals surface area (Å²) < 4.78 is 0. The van der Waals surface area contributed by atoms with Crippen LogP contribution in [0.25, 0.3) is 0 Å². The van der Waals surface area contributed by atoms with Gasteiger partial charge in [0.15, 0.2) is 0 Å². The minimum Gasteiger partial charge on any atom is -0.393 e. The van der Waals surface area contributed by atoms with Crippen molar-refractivity contribution in [2.45, 2.75) is 38.4 Å². The summed E-state index contributed by atoms with van der Waals surface area (Å²) >= 11 is 0. The molecule has 12 heavy (non-hydrogen) atoms. The first kappa shape index (κ1) is 9.96. The van der Waals surface area contributed by atoms with Crippen molar-refractivity contribution in [3.05, 3.63) is 0 Å². The number of aliphatic hydroxyl groups excluding tert-OH is 2. The van der Waals surface area contributed by atoms with Crippen LogP contribution in [-0.2, 0) is 0 Å². The van der Waals surface area contributed by atoms with Gasteiger partial charge in [-0.15, -0.1) is 0 Å². The number of nitrogens with one attached hydrogen (secondary N) is 1. The molecule has 0 bridgehead atoms. The van der Waals surface area contributed by atoms with E-state index in [4.69, 9.17) is 0 Å². The number of piperidine rings is 1. The van der Waals surface area contributed by atoms with Gasteiger partial charge < -0.3 is 15.5 Å². The molecule has 0 spiro atoms. The minimum atomic E-state index is -0.246. The fourth-order valence-electron chi connectivity index (χ4n) is 1.67. The van der Waals surface area contributed by atoms with E-state index in [1.54, 1.807) is 0 Å². The van der Waals surface area contributed by atoms with Gasteiger partial charge in [0.25, 0.3) is 0 Å². The lowest BCUT2D eigenvalue weighted by Crippen LogP contribution is -2.41. The van der Waals surface area contributed by atoms with Crippen molar-refractivity contribution in [2.75, 3.05) is 13.1 Å². The van der Waals surface area contributed by atoms with E-state index in [9.17, 15) is 10.2 Å². The highest BCUT2D eigenvalue weighted by Gasteiger charge is 2.24. The highest BCUT2D eigenvalue weighted by molar-refractivity contribution is 4.78. The van der Waals surface area contributed by atoms with E-state index in [1.807, 2.05) is 6.92 Å². The van der Waals surface area contributed by atoms with Gasteiger partial charge in [-0.25, -0.2) is 0 Å². The van der Waals surface area contributed by atoms with E-state index < -0.39 is 0 Å². The first-order chi connectivity index (χ1) is 5.74. The van der Waals surface area contributed by atoms with Crippen LogP contribution in [-0.4, -0.2) is 35.5 Å². The third kappa shape index (κ3) is 2.73. The van der Waals surface area contributed by atoms with Crippen molar-refractivity contribution in [1.82, 2.24) is 5.32 Å². The van der Waals surface area contributed by atoms with E-state index >= 15 is 0 Å². The van der Waals surface area contributed by atoms with Crippen molar-refractivity contribution in [1.29, 1.82) is 0 Å². The highest BCUT2D eigenvalue weighted by Crippen LogP contribution is 2.17. The largest absolute Gasteiger partial charge is 0.393 e. The molecular weight excluding hydrogens is 154 g/mol. The van der Waals surface area contributed by atoms with E-state index in [-0.39, 0.29) is 18.1 Å². The first-order valence-corrected chi connectivity index (χ1v) is 4.81. The van der Waals surface area contributed by atoms with E-state index in [1.165, 1.54) is 0 Å². The minimum absolute atomic E-state index is 0.215. The average molecular weight is 173 g/mol. The number of rotatable bonds is 3. The predicted molar refractivity (Wildman–Crippen MR) is 47.9 cm³/mol. The molecule has 1 rings (SSSR count). The molecule has 3 heteroatoms. The van der Waals surface area contributed by atoms with Crippen LogP contribution in [0.4, 0.5) is 0 Å². The zero-order chi connectivity index (χ0) is 8.97. The highest BCUT2D eigenvalue weighted by atomic mass is 16.3. The molecule has 1 saturated heterocycles. The standard InChI is InChI=1S/C9H19NO2/c1-2-8(11)5-7-6-10-4-3-9(7)12/h7-12H,2-6H2,1H3. The predicted octanol–water partition coefficient (Wildman–Crippen LogP) is 0.118. The maximum atomic E-state index is 9.56. The summed E-state index contributed by atoms with van der Waals surface area (Å²) in [5.41, 5.74) is 0. The molecule has 0 aliphatic carbocycles. The second-order valence-corrected chi connectivity index (χ2v) is 3.62. The Morgan fingerprint density at radius 2 is 2.33 bits per heavy atom. The third-order valence-corrected chi connectivity index (χ3v) is 2.61. The molecule has 0 radical (unpaired) electrons. The van der Waals surface area contributed by atoms with Crippen molar-refractivity contribution >= 4 is 0 Å². The van der Waals surface area contributed by atoms with Crippen LogP contribution in [0.2, 0.25) is 0 Å². The van der Waals surface area contributed by atoms with Crippen LogP contribution < -0.4 is 5.32 Å². The van der Waals surface area contributed by atoms with E-state index in [0.29, 0.717) is 0 Å². The molecule has 3 nitrogen and oxygen atoms in total. The van der Waals surface area contributed by atoms with Crippen molar-refractivity contribution in [3.63, 3.8) is 0 Å². The first-order valence-electron chi connectivity index (χ1n) is 4.81. The van der Waals surface area contributed by atoms with Gasteiger partial charge in [0.05, 0.1) is 12.2 Å². The van der Waals surface area contributed by atoms with E-state index in [0.717, 1.165) is 32.4 Å². The zero-order valence-electron chi connectivity index (χ0n) is 7.66. The summed E-state index contributed by atoms with van der Waals surface area (Å²) in [6.07, 6.45) is 1.87. The second-order valence-electron chi connectivity index (χ2n) is 3.62. The zero-order valence-corrected chi connectivity index (χ0v) is 7.66. The molecule has 1 heterocycles. The number of hydrogen-bond acceptors (Lipinski definition) is 3. The van der Waals surface area contributed by atoms with Gasteiger partial charge in [-0.05, 0) is 31.7 Å². The van der Waals surface area contributed by atoms with Gasteiger partial charge >= 0.3 is 0 Å². The average Bonchev–Trinajstić information content (AvgIpc) is 2.09. The Labute approximate surface area is 73.8 Å². The molecule has 3 N–H and O–H groups in total. The maximum Gasteiger partial charge on any atom is 0.0593 e. The Morgan fingerprint density at radius 1 is 1.58 bits per heavy atom. The normalized spacial score (nSPS) is 33.2. The summed E-state index contributed by atoms with van der Waals surface area (Å²) in [5, 5.41) is 22.2. The smallest absolute Gasteiger partial charge is 0.0593 e. The molecule has 3 unspecified atom stereocenters. The Morgan fingerprint density at radius 3 is 2.92 bits per heavy atom. The summed E-state index contributed by atoms with van der Waals surface area (Å²) in [6.45, 7) is 3.71.